The van der Waals surface area contributed by atoms with Crippen LogP contribution in [0.2, 0.25) is 0 Å². The van der Waals surface area contributed by atoms with Gasteiger partial charge >= 0.3 is 0 Å². The van der Waals surface area contributed by atoms with Crippen LogP contribution in [0.15, 0.2) is 35.4 Å². The van der Waals surface area contributed by atoms with E-state index in [1.165, 1.54) is 5.56 Å². The SMILES string of the molecule is CCC(/C=C(\C)C1(C(=O)Nc2ccc3c(c2)C=C(C(=O)N2CCN(C)CC2)CC3)CCC1)C(C)=O. The Labute approximate surface area is 209 Å². The van der Waals surface area contributed by atoms with Gasteiger partial charge < -0.3 is 15.1 Å². The Balaban J connectivity index is 1.50. The van der Waals surface area contributed by atoms with Crippen LogP contribution in [0.4, 0.5) is 5.69 Å². The molecule has 0 radical (unpaired) electrons. The van der Waals surface area contributed by atoms with Crippen molar-refractivity contribution < 1.29 is 14.4 Å². The predicted octanol–water partition coefficient (Wildman–Crippen LogP) is 4.46. The zero-order valence-corrected chi connectivity index (χ0v) is 21.7. The van der Waals surface area contributed by atoms with Crippen LogP contribution in [0, 0.1) is 11.3 Å². The number of carbonyl (C=O) groups excluding carboxylic acids is 3. The second-order valence-electron chi connectivity index (χ2n) is 10.5. The Kier molecular flexibility index (Phi) is 7.60. The van der Waals surface area contributed by atoms with Gasteiger partial charge in [0.2, 0.25) is 11.8 Å². The number of carbonyl (C=O) groups is 3. The Hall–Kier alpha value is -2.73. The first-order valence-electron chi connectivity index (χ1n) is 13.1. The van der Waals surface area contributed by atoms with E-state index in [-0.39, 0.29) is 23.5 Å². The molecule has 1 aromatic rings. The molecule has 2 aliphatic carbocycles. The summed E-state index contributed by atoms with van der Waals surface area (Å²) in [5.74, 6) is 0.156. The molecule has 1 atom stereocenters. The van der Waals surface area contributed by atoms with Crippen molar-refractivity contribution in [3.05, 3.63) is 46.5 Å². The maximum absolute atomic E-state index is 13.5. The summed E-state index contributed by atoms with van der Waals surface area (Å²) in [6.07, 6.45) is 8.99. The molecule has 188 valence electrons. The fourth-order valence-corrected chi connectivity index (χ4v) is 5.51. The maximum atomic E-state index is 13.5. The summed E-state index contributed by atoms with van der Waals surface area (Å²) in [5.41, 5.74) is 4.31. The minimum Gasteiger partial charge on any atom is -0.336 e. The number of amides is 2. The van der Waals surface area contributed by atoms with E-state index in [9.17, 15) is 14.4 Å². The molecule has 1 unspecified atom stereocenters. The maximum Gasteiger partial charge on any atom is 0.249 e. The number of hydrogen-bond donors (Lipinski definition) is 1. The normalized spacial score (nSPS) is 20.9. The molecule has 1 saturated heterocycles. The number of fused-ring (bicyclic) bond motifs is 1. The van der Waals surface area contributed by atoms with Crippen LogP contribution in [0.1, 0.15) is 64.0 Å². The van der Waals surface area contributed by atoms with Crippen LogP contribution >= 0.6 is 0 Å². The molecule has 0 bridgehead atoms. The number of aryl methyl sites for hydroxylation is 1. The fraction of sp³-hybridized carbons (Fsp3) is 0.552. The van der Waals surface area contributed by atoms with Gasteiger partial charge in [-0.05, 0) is 82.3 Å². The lowest BCUT2D eigenvalue weighted by molar-refractivity contribution is -0.129. The van der Waals surface area contributed by atoms with E-state index in [2.05, 4.69) is 23.3 Å². The Morgan fingerprint density at radius 3 is 2.40 bits per heavy atom. The molecule has 1 heterocycles. The minimum absolute atomic E-state index is 0.00406. The van der Waals surface area contributed by atoms with E-state index >= 15 is 0 Å². The number of Topliss-reactive ketones (excluding diaryl/α,β-unsaturated/α-hetero) is 1. The third-order valence-electron chi connectivity index (χ3n) is 8.27. The van der Waals surface area contributed by atoms with Crippen molar-refractivity contribution in [1.82, 2.24) is 9.80 Å². The van der Waals surface area contributed by atoms with Crippen molar-refractivity contribution in [3.8, 4) is 0 Å². The predicted molar refractivity (Wildman–Crippen MR) is 140 cm³/mol. The summed E-state index contributed by atoms with van der Waals surface area (Å²) in [4.78, 5) is 42.7. The molecule has 1 N–H and O–H groups in total. The molecular weight excluding hydrogens is 438 g/mol. The van der Waals surface area contributed by atoms with E-state index < -0.39 is 5.41 Å². The minimum atomic E-state index is -0.531. The lowest BCUT2D eigenvalue weighted by Crippen LogP contribution is -2.47. The topological polar surface area (TPSA) is 69.7 Å². The van der Waals surface area contributed by atoms with E-state index in [0.29, 0.717) is 0 Å². The molecule has 35 heavy (non-hydrogen) atoms. The van der Waals surface area contributed by atoms with E-state index in [4.69, 9.17) is 0 Å². The molecule has 6 nitrogen and oxygen atoms in total. The number of rotatable bonds is 7. The number of hydrogen-bond acceptors (Lipinski definition) is 4. The molecule has 1 aromatic carbocycles. The largest absolute Gasteiger partial charge is 0.336 e. The number of nitrogens with one attached hydrogen (secondary N) is 1. The van der Waals surface area contributed by atoms with Crippen LogP contribution in [-0.2, 0) is 20.8 Å². The number of ketones is 1. The summed E-state index contributed by atoms with van der Waals surface area (Å²) in [5, 5.41) is 3.15. The van der Waals surface area contributed by atoms with Gasteiger partial charge in [0.05, 0.1) is 5.41 Å². The van der Waals surface area contributed by atoms with Gasteiger partial charge in [-0.15, -0.1) is 0 Å². The van der Waals surface area contributed by atoms with Gasteiger partial charge in [-0.25, -0.2) is 0 Å². The van der Waals surface area contributed by atoms with Crippen LogP contribution in [0.3, 0.4) is 0 Å². The van der Waals surface area contributed by atoms with Gasteiger partial charge in [-0.1, -0.05) is 31.1 Å². The number of piperazine rings is 1. The highest BCUT2D eigenvalue weighted by atomic mass is 16.2. The fourth-order valence-electron chi connectivity index (χ4n) is 5.51. The van der Waals surface area contributed by atoms with Crippen molar-refractivity contribution in [1.29, 1.82) is 0 Å². The number of benzene rings is 1. The first-order chi connectivity index (χ1) is 16.7. The number of anilines is 1. The molecule has 0 spiro atoms. The highest BCUT2D eigenvalue weighted by molar-refractivity contribution is 6.00. The zero-order valence-electron chi connectivity index (χ0n) is 21.7. The Morgan fingerprint density at radius 2 is 1.80 bits per heavy atom. The molecular formula is C29H39N3O3. The average Bonchev–Trinajstić information content (AvgIpc) is 2.81. The summed E-state index contributed by atoms with van der Waals surface area (Å²) >= 11 is 0. The van der Waals surface area contributed by atoms with Crippen molar-refractivity contribution >= 4 is 29.4 Å². The second-order valence-corrected chi connectivity index (χ2v) is 10.5. The van der Waals surface area contributed by atoms with E-state index in [0.717, 1.165) is 87.1 Å². The monoisotopic (exact) mass is 477 g/mol. The lowest BCUT2D eigenvalue weighted by atomic mass is 9.63. The Morgan fingerprint density at radius 1 is 1.09 bits per heavy atom. The van der Waals surface area contributed by atoms with Gasteiger partial charge in [0, 0.05) is 43.4 Å². The van der Waals surface area contributed by atoms with Gasteiger partial charge in [-0.2, -0.15) is 0 Å². The smallest absolute Gasteiger partial charge is 0.249 e. The first-order valence-corrected chi connectivity index (χ1v) is 13.1. The van der Waals surface area contributed by atoms with E-state index in [1.807, 2.05) is 43.0 Å². The summed E-state index contributed by atoms with van der Waals surface area (Å²) in [6.45, 7) is 8.98. The highest BCUT2D eigenvalue weighted by Crippen LogP contribution is 2.48. The molecule has 2 fully saturated rings. The van der Waals surface area contributed by atoms with Crippen molar-refractivity contribution in [2.24, 2.45) is 11.3 Å². The number of nitrogens with zero attached hydrogens (tertiary/aromatic N) is 2. The van der Waals surface area contributed by atoms with Crippen LogP contribution in [0.5, 0.6) is 0 Å². The molecule has 1 saturated carbocycles. The quantitative estimate of drug-likeness (QED) is 0.589. The molecule has 4 rings (SSSR count). The molecule has 6 heteroatoms. The first kappa shape index (κ1) is 25.4. The summed E-state index contributed by atoms with van der Waals surface area (Å²) in [6, 6.07) is 6.03. The van der Waals surface area contributed by atoms with Gasteiger partial charge in [0.15, 0.2) is 0 Å². The summed E-state index contributed by atoms with van der Waals surface area (Å²) in [7, 11) is 2.09. The number of allylic oxidation sites excluding steroid dienone is 1. The molecule has 3 aliphatic rings. The molecule has 2 amide bonds. The standard InChI is InChI=1S/C29H39N3O3/c1-5-22(21(3)33)17-20(2)29(11-6-12-29)28(35)30-26-10-9-23-7-8-24(18-25(23)19-26)27(34)32-15-13-31(4)14-16-32/h9-10,17-19,22H,5-8,11-16H2,1-4H3,(H,30,35)/b20-17+. The van der Waals surface area contributed by atoms with Crippen LogP contribution in [-0.4, -0.2) is 60.6 Å². The van der Waals surface area contributed by atoms with Crippen molar-refractivity contribution in [2.45, 2.75) is 59.3 Å². The zero-order chi connectivity index (χ0) is 25.2. The number of likely N-dealkylation sites (N-methyl/N-ethyl adjacent to an activating group) is 1. The van der Waals surface area contributed by atoms with E-state index in [1.54, 1.807) is 6.92 Å². The Bertz CT molecular complexity index is 1060. The third-order valence-corrected chi connectivity index (χ3v) is 8.27. The molecule has 0 aromatic heterocycles. The van der Waals surface area contributed by atoms with Crippen molar-refractivity contribution in [3.63, 3.8) is 0 Å². The van der Waals surface area contributed by atoms with Crippen molar-refractivity contribution in [2.75, 3.05) is 38.5 Å². The van der Waals surface area contributed by atoms with Crippen LogP contribution in [0.25, 0.3) is 6.08 Å². The highest BCUT2D eigenvalue weighted by Gasteiger charge is 2.45. The van der Waals surface area contributed by atoms with Gasteiger partial charge in [0.25, 0.3) is 0 Å². The second kappa shape index (κ2) is 10.5. The lowest BCUT2D eigenvalue weighted by Gasteiger charge is -2.41. The van der Waals surface area contributed by atoms with Crippen LogP contribution < -0.4 is 5.32 Å². The summed E-state index contributed by atoms with van der Waals surface area (Å²) < 4.78 is 0. The average molecular weight is 478 g/mol. The third kappa shape index (κ3) is 5.27. The van der Waals surface area contributed by atoms with Gasteiger partial charge in [-0.3, -0.25) is 14.4 Å². The molecule has 1 aliphatic heterocycles. The van der Waals surface area contributed by atoms with Gasteiger partial charge in [0.1, 0.15) is 5.78 Å².